The Bertz CT molecular complexity index is 250. The lowest BCUT2D eigenvalue weighted by Crippen LogP contribution is -2.26. The van der Waals surface area contributed by atoms with Crippen LogP contribution in [0.5, 0.6) is 0 Å². The van der Waals surface area contributed by atoms with Gasteiger partial charge in [0, 0.05) is 29.9 Å². The molecule has 0 bridgehead atoms. The SMILES string of the molecule is CNCCN(C)Cc1cc(Cl)cs1. The lowest BCUT2D eigenvalue weighted by Gasteiger charge is -2.14. The number of nitrogens with one attached hydrogen (secondary N) is 1. The standard InChI is InChI=1S/C9H15ClN2S/c1-11-3-4-12(2)6-9-5-8(10)7-13-9/h5,7,11H,3-4,6H2,1-2H3. The van der Waals surface area contributed by atoms with Crippen LogP contribution in [0.1, 0.15) is 4.88 Å². The number of likely N-dealkylation sites (N-methyl/N-ethyl adjacent to an activating group) is 2. The summed E-state index contributed by atoms with van der Waals surface area (Å²) in [6, 6.07) is 2.03. The maximum atomic E-state index is 5.83. The Kier molecular flexibility index (Phi) is 4.73. The van der Waals surface area contributed by atoms with Gasteiger partial charge in [-0.25, -0.2) is 0 Å². The summed E-state index contributed by atoms with van der Waals surface area (Å²) in [4.78, 5) is 3.60. The Morgan fingerprint density at radius 2 is 2.38 bits per heavy atom. The molecule has 0 spiro atoms. The monoisotopic (exact) mass is 218 g/mol. The van der Waals surface area contributed by atoms with E-state index in [2.05, 4.69) is 17.3 Å². The highest BCUT2D eigenvalue weighted by Crippen LogP contribution is 2.19. The van der Waals surface area contributed by atoms with Crippen LogP contribution in [0.3, 0.4) is 0 Å². The largest absolute Gasteiger partial charge is 0.318 e. The molecule has 1 aromatic rings. The van der Waals surface area contributed by atoms with E-state index in [4.69, 9.17) is 11.6 Å². The summed E-state index contributed by atoms with van der Waals surface area (Å²) in [5.41, 5.74) is 0. The third kappa shape index (κ3) is 4.09. The van der Waals surface area contributed by atoms with Gasteiger partial charge in [0.15, 0.2) is 0 Å². The molecule has 13 heavy (non-hydrogen) atoms. The molecule has 0 aliphatic carbocycles. The second-order valence-corrected chi connectivity index (χ2v) is 4.50. The Morgan fingerprint density at radius 1 is 1.62 bits per heavy atom. The van der Waals surface area contributed by atoms with Crippen LogP contribution in [0.4, 0.5) is 0 Å². The van der Waals surface area contributed by atoms with Crippen LogP contribution in [-0.4, -0.2) is 32.1 Å². The minimum atomic E-state index is 0.849. The highest BCUT2D eigenvalue weighted by Gasteiger charge is 2.01. The molecule has 0 atom stereocenters. The van der Waals surface area contributed by atoms with Crippen molar-refractivity contribution in [1.82, 2.24) is 10.2 Å². The fourth-order valence-electron chi connectivity index (χ4n) is 1.08. The molecule has 2 nitrogen and oxygen atoms in total. The molecule has 1 heterocycles. The van der Waals surface area contributed by atoms with E-state index in [0.717, 1.165) is 24.7 Å². The summed E-state index contributed by atoms with van der Waals surface area (Å²) in [6.07, 6.45) is 0. The van der Waals surface area contributed by atoms with Gasteiger partial charge in [-0.2, -0.15) is 0 Å². The second kappa shape index (κ2) is 5.60. The van der Waals surface area contributed by atoms with Crippen LogP contribution >= 0.6 is 22.9 Å². The summed E-state index contributed by atoms with van der Waals surface area (Å²) in [7, 11) is 4.08. The van der Waals surface area contributed by atoms with Crippen molar-refractivity contribution in [1.29, 1.82) is 0 Å². The van der Waals surface area contributed by atoms with E-state index in [1.54, 1.807) is 11.3 Å². The number of rotatable bonds is 5. The number of hydrogen-bond acceptors (Lipinski definition) is 3. The first kappa shape index (κ1) is 11.0. The number of nitrogens with zero attached hydrogens (tertiary/aromatic N) is 1. The average Bonchev–Trinajstić information content (AvgIpc) is 2.48. The van der Waals surface area contributed by atoms with E-state index in [1.165, 1.54) is 4.88 Å². The minimum absolute atomic E-state index is 0.849. The maximum absolute atomic E-state index is 5.83. The van der Waals surface area contributed by atoms with E-state index in [0.29, 0.717) is 0 Å². The van der Waals surface area contributed by atoms with Gasteiger partial charge in [-0.15, -0.1) is 11.3 Å². The first-order chi connectivity index (χ1) is 6.22. The van der Waals surface area contributed by atoms with E-state index in [-0.39, 0.29) is 0 Å². The van der Waals surface area contributed by atoms with Gasteiger partial charge < -0.3 is 10.2 Å². The van der Waals surface area contributed by atoms with Crippen LogP contribution in [0.15, 0.2) is 11.4 Å². The van der Waals surface area contributed by atoms with Gasteiger partial charge in [-0.1, -0.05) is 11.6 Å². The quantitative estimate of drug-likeness (QED) is 0.814. The van der Waals surface area contributed by atoms with Gasteiger partial charge >= 0.3 is 0 Å². The maximum Gasteiger partial charge on any atom is 0.0516 e. The van der Waals surface area contributed by atoms with E-state index >= 15 is 0 Å². The molecule has 0 aliphatic heterocycles. The summed E-state index contributed by atoms with van der Waals surface area (Å²) < 4.78 is 0. The van der Waals surface area contributed by atoms with Crippen LogP contribution in [0.2, 0.25) is 5.02 Å². The molecule has 0 aliphatic rings. The smallest absolute Gasteiger partial charge is 0.0516 e. The second-order valence-electron chi connectivity index (χ2n) is 3.07. The molecule has 0 aromatic carbocycles. The molecular weight excluding hydrogens is 204 g/mol. The number of thiophene rings is 1. The molecular formula is C9H15ClN2S. The molecule has 0 unspecified atom stereocenters. The van der Waals surface area contributed by atoms with Crippen molar-refractivity contribution in [3.8, 4) is 0 Å². The molecule has 0 fully saturated rings. The Balaban J connectivity index is 2.31. The number of hydrogen-bond donors (Lipinski definition) is 1. The van der Waals surface area contributed by atoms with Gasteiger partial charge in [0.25, 0.3) is 0 Å². The molecule has 0 saturated carbocycles. The molecule has 0 saturated heterocycles. The van der Waals surface area contributed by atoms with Crippen molar-refractivity contribution in [3.63, 3.8) is 0 Å². The van der Waals surface area contributed by atoms with Gasteiger partial charge in [0.1, 0.15) is 0 Å². The zero-order chi connectivity index (χ0) is 9.68. The van der Waals surface area contributed by atoms with Gasteiger partial charge in [0.05, 0.1) is 5.02 Å². The normalized spacial score (nSPS) is 11.1. The fraction of sp³-hybridized carbons (Fsp3) is 0.556. The fourth-order valence-corrected chi connectivity index (χ4v) is 2.24. The molecule has 1 N–H and O–H groups in total. The van der Waals surface area contributed by atoms with Crippen LogP contribution in [-0.2, 0) is 6.54 Å². The number of halogens is 1. The Hall–Kier alpha value is -0.0900. The van der Waals surface area contributed by atoms with Crippen molar-refractivity contribution < 1.29 is 0 Å². The molecule has 0 radical (unpaired) electrons. The summed E-state index contributed by atoms with van der Waals surface area (Å²) in [5.74, 6) is 0. The highest BCUT2D eigenvalue weighted by molar-refractivity contribution is 7.10. The van der Waals surface area contributed by atoms with Crippen molar-refractivity contribution >= 4 is 22.9 Å². The average molecular weight is 219 g/mol. The van der Waals surface area contributed by atoms with Gasteiger partial charge in [-0.3, -0.25) is 0 Å². The van der Waals surface area contributed by atoms with Gasteiger partial charge in [-0.05, 0) is 20.2 Å². The summed E-state index contributed by atoms with van der Waals surface area (Å²) in [6.45, 7) is 3.07. The molecule has 1 aromatic heterocycles. The van der Waals surface area contributed by atoms with Gasteiger partial charge in [0.2, 0.25) is 0 Å². The van der Waals surface area contributed by atoms with Crippen LogP contribution < -0.4 is 5.32 Å². The highest BCUT2D eigenvalue weighted by atomic mass is 35.5. The van der Waals surface area contributed by atoms with E-state index in [9.17, 15) is 0 Å². The van der Waals surface area contributed by atoms with Crippen LogP contribution in [0.25, 0.3) is 0 Å². The predicted octanol–water partition coefficient (Wildman–Crippen LogP) is 2.05. The third-order valence-corrected chi connectivity index (χ3v) is 3.06. The van der Waals surface area contributed by atoms with Crippen molar-refractivity contribution in [2.24, 2.45) is 0 Å². The van der Waals surface area contributed by atoms with Crippen molar-refractivity contribution in [2.45, 2.75) is 6.54 Å². The molecule has 4 heteroatoms. The van der Waals surface area contributed by atoms with Crippen molar-refractivity contribution in [2.75, 3.05) is 27.2 Å². The topological polar surface area (TPSA) is 15.3 Å². The minimum Gasteiger partial charge on any atom is -0.318 e. The third-order valence-electron chi connectivity index (χ3n) is 1.79. The zero-order valence-corrected chi connectivity index (χ0v) is 9.58. The van der Waals surface area contributed by atoms with Crippen molar-refractivity contribution in [3.05, 3.63) is 21.3 Å². The van der Waals surface area contributed by atoms with Crippen LogP contribution in [0, 0.1) is 0 Å². The lowest BCUT2D eigenvalue weighted by atomic mass is 10.4. The molecule has 1 rings (SSSR count). The first-order valence-corrected chi connectivity index (χ1v) is 5.54. The summed E-state index contributed by atoms with van der Waals surface area (Å²) >= 11 is 7.55. The van der Waals surface area contributed by atoms with E-state index < -0.39 is 0 Å². The molecule has 74 valence electrons. The Morgan fingerprint density at radius 3 is 2.92 bits per heavy atom. The predicted molar refractivity (Wildman–Crippen MR) is 59.6 cm³/mol. The lowest BCUT2D eigenvalue weighted by molar-refractivity contribution is 0.331. The first-order valence-electron chi connectivity index (χ1n) is 4.28. The molecule has 0 amide bonds. The summed E-state index contributed by atoms with van der Waals surface area (Å²) in [5, 5.41) is 5.95. The van der Waals surface area contributed by atoms with E-state index in [1.807, 2.05) is 18.5 Å². The Labute approximate surface area is 88.5 Å². The zero-order valence-electron chi connectivity index (χ0n) is 8.01.